The minimum atomic E-state index is -0.572. The van der Waals surface area contributed by atoms with Crippen molar-refractivity contribution in [3.05, 3.63) is 64.2 Å². The fourth-order valence-electron chi connectivity index (χ4n) is 3.25. The lowest BCUT2D eigenvalue weighted by Crippen LogP contribution is -2.50. The van der Waals surface area contributed by atoms with Gasteiger partial charge in [-0.3, -0.25) is 19.7 Å². The molecule has 0 bridgehead atoms. The second-order valence-corrected chi connectivity index (χ2v) is 6.63. The van der Waals surface area contributed by atoms with Gasteiger partial charge < -0.3 is 20.4 Å². The number of rotatable bonds is 6. The molecule has 0 aliphatic carbocycles. The molecule has 2 amide bonds. The first-order chi connectivity index (χ1) is 14.0. The summed E-state index contributed by atoms with van der Waals surface area (Å²) < 4.78 is 0. The molecule has 0 unspecified atom stereocenters. The third kappa shape index (κ3) is 4.81. The third-order valence-corrected chi connectivity index (χ3v) is 4.87. The number of anilines is 2. The van der Waals surface area contributed by atoms with Crippen molar-refractivity contribution in [2.75, 3.05) is 50.0 Å². The molecule has 1 heterocycles. The van der Waals surface area contributed by atoms with E-state index in [1.165, 1.54) is 25.2 Å². The van der Waals surface area contributed by atoms with E-state index in [-0.39, 0.29) is 29.4 Å². The van der Waals surface area contributed by atoms with Gasteiger partial charge in [0.25, 0.3) is 11.6 Å². The van der Waals surface area contributed by atoms with Gasteiger partial charge in [0.1, 0.15) is 5.69 Å². The van der Waals surface area contributed by atoms with Crippen LogP contribution in [0, 0.1) is 10.1 Å². The van der Waals surface area contributed by atoms with Gasteiger partial charge in [0, 0.05) is 50.5 Å². The van der Waals surface area contributed by atoms with E-state index in [0.29, 0.717) is 13.1 Å². The summed E-state index contributed by atoms with van der Waals surface area (Å²) in [5.41, 5.74) is 1.28. The van der Waals surface area contributed by atoms with Gasteiger partial charge in [0.2, 0.25) is 5.91 Å². The normalized spacial score (nSPS) is 13.7. The molecule has 1 aliphatic heterocycles. The van der Waals surface area contributed by atoms with Gasteiger partial charge in [0.15, 0.2) is 0 Å². The molecule has 152 valence electrons. The molecule has 3 rings (SSSR count). The molecule has 0 saturated carbocycles. The predicted octanol–water partition coefficient (Wildman–Crippen LogP) is 1.72. The van der Waals surface area contributed by atoms with Crippen LogP contribution in [0.25, 0.3) is 0 Å². The maximum absolute atomic E-state index is 12.5. The highest BCUT2D eigenvalue weighted by Gasteiger charge is 2.22. The zero-order chi connectivity index (χ0) is 20.8. The zero-order valence-electron chi connectivity index (χ0n) is 16.1. The smallest absolute Gasteiger partial charge is 0.293 e. The highest BCUT2D eigenvalue weighted by molar-refractivity contribution is 5.95. The summed E-state index contributed by atoms with van der Waals surface area (Å²) in [6.07, 6.45) is 0. The molecule has 29 heavy (non-hydrogen) atoms. The highest BCUT2D eigenvalue weighted by atomic mass is 16.6. The van der Waals surface area contributed by atoms with Crippen LogP contribution in [0.5, 0.6) is 0 Å². The van der Waals surface area contributed by atoms with Crippen LogP contribution in [0.3, 0.4) is 0 Å². The van der Waals surface area contributed by atoms with Crippen LogP contribution in [0.15, 0.2) is 48.5 Å². The zero-order valence-corrected chi connectivity index (χ0v) is 16.1. The first kappa shape index (κ1) is 20.1. The lowest BCUT2D eigenvalue weighted by atomic mass is 10.1. The Labute approximate surface area is 168 Å². The molecule has 1 fully saturated rings. The number of amides is 2. The van der Waals surface area contributed by atoms with Gasteiger partial charge in [-0.15, -0.1) is 0 Å². The number of carbonyl (C=O) groups is 2. The Morgan fingerprint density at radius 3 is 2.38 bits per heavy atom. The van der Waals surface area contributed by atoms with Crippen molar-refractivity contribution in [1.29, 1.82) is 0 Å². The van der Waals surface area contributed by atoms with Crippen LogP contribution in [0.4, 0.5) is 17.1 Å². The van der Waals surface area contributed by atoms with Crippen LogP contribution >= 0.6 is 0 Å². The topological polar surface area (TPSA) is 108 Å². The van der Waals surface area contributed by atoms with Crippen molar-refractivity contribution in [1.82, 2.24) is 10.2 Å². The Kier molecular flexibility index (Phi) is 6.28. The number of nitrogens with zero attached hydrogens (tertiary/aromatic N) is 3. The first-order valence-corrected chi connectivity index (χ1v) is 9.31. The quantitative estimate of drug-likeness (QED) is 0.568. The molecule has 2 aromatic rings. The largest absolute Gasteiger partial charge is 0.371 e. The minimum absolute atomic E-state index is 0.0501. The first-order valence-electron chi connectivity index (χ1n) is 9.31. The molecule has 0 radical (unpaired) electrons. The number of carbonyl (C=O) groups excluding carboxylic acids is 2. The van der Waals surface area contributed by atoms with E-state index in [2.05, 4.69) is 15.5 Å². The molecule has 1 aliphatic rings. The van der Waals surface area contributed by atoms with Gasteiger partial charge in [-0.25, -0.2) is 0 Å². The van der Waals surface area contributed by atoms with E-state index in [0.717, 1.165) is 18.8 Å². The van der Waals surface area contributed by atoms with E-state index in [1.54, 1.807) is 4.90 Å². The predicted molar refractivity (Wildman–Crippen MR) is 110 cm³/mol. The van der Waals surface area contributed by atoms with E-state index in [1.807, 2.05) is 30.3 Å². The summed E-state index contributed by atoms with van der Waals surface area (Å²) in [5.74, 6) is -0.533. The van der Waals surface area contributed by atoms with Crippen LogP contribution < -0.4 is 15.5 Å². The van der Waals surface area contributed by atoms with E-state index in [4.69, 9.17) is 0 Å². The Hall–Kier alpha value is -3.62. The number of nitrogens with one attached hydrogen (secondary N) is 2. The van der Waals surface area contributed by atoms with Gasteiger partial charge in [-0.2, -0.15) is 0 Å². The number of benzene rings is 2. The third-order valence-electron chi connectivity index (χ3n) is 4.87. The molecule has 9 nitrogen and oxygen atoms in total. The number of hydrogen-bond acceptors (Lipinski definition) is 6. The van der Waals surface area contributed by atoms with E-state index >= 15 is 0 Å². The Morgan fingerprint density at radius 1 is 1.07 bits per heavy atom. The summed E-state index contributed by atoms with van der Waals surface area (Å²) in [6.45, 7) is 2.60. The van der Waals surface area contributed by atoms with Crippen molar-refractivity contribution in [3.63, 3.8) is 0 Å². The second kappa shape index (κ2) is 9.05. The number of piperazine rings is 1. The van der Waals surface area contributed by atoms with Gasteiger partial charge in [-0.05, 0) is 24.3 Å². The molecule has 9 heteroatoms. The van der Waals surface area contributed by atoms with Gasteiger partial charge >= 0.3 is 0 Å². The molecule has 2 N–H and O–H groups in total. The van der Waals surface area contributed by atoms with Crippen molar-refractivity contribution >= 4 is 28.9 Å². The van der Waals surface area contributed by atoms with Crippen LogP contribution in [-0.2, 0) is 4.79 Å². The molecule has 2 aromatic carbocycles. The standard InChI is InChI=1S/C20H23N5O4/c1-21-20(27)15-7-8-17(18(13-15)25(28)29)22-14-19(26)24-11-9-23(10-12-24)16-5-3-2-4-6-16/h2-8,13,22H,9-12,14H2,1H3,(H,21,27). The number of hydrogen-bond donors (Lipinski definition) is 2. The summed E-state index contributed by atoms with van der Waals surface area (Å²) in [5, 5.41) is 16.6. The summed E-state index contributed by atoms with van der Waals surface area (Å²) in [4.78, 5) is 38.9. The summed E-state index contributed by atoms with van der Waals surface area (Å²) in [7, 11) is 1.45. The number of nitro benzene ring substituents is 1. The number of nitro groups is 1. The maximum Gasteiger partial charge on any atom is 0.293 e. The van der Waals surface area contributed by atoms with Crippen molar-refractivity contribution in [2.45, 2.75) is 0 Å². The monoisotopic (exact) mass is 397 g/mol. The van der Waals surface area contributed by atoms with Crippen molar-refractivity contribution in [2.24, 2.45) is 0 Å². The molecule has 0 aromatic heterocycles. The second-order valence-electron chi connectivity index (χ2n) is 6.63. The van der Waals surface area contributed by atoms with E-state index in [9.17, 15) is 19.7 Å². The molecule has 0 spiro atoms. The lowest BCUT2D eigenvalue weighted by molar-refractivity contribution is -0.384. The van der Waals surface area contributed by atoms with Crippen molar-refractivity contribution in [3.8, 4) is 0 Å². The van der Waals surface area contributed by atoms with Crippen LogP contribution in [0.1, 0.15) is 10.4 Å². The summed E-state index contributed by atoms with van der Waals surface area (Å²) >= 11 is 0. The maximum atomic E-state index is 12.5. The Bertz CT molecular complexity index is 895. The van der Waals surface area contributed by atoms with Crippen LogP contribution in [0.2, 0.25) is 0 Å². The average Bonchev–Trinajstić information content (AvgIpc) is 2.77. The van der Waals surface area contributed by atoms with Crippen LogP contribution in [-0.4, -0.2) is 61.4 Å². The average molecular weight is 397 g/mol. The molecule has 1 saturated heterocycles. The Morgan fingerprint density at radius 2 is 1.76 bits per heavy atom. The SMILES string of the molecule is CNC(=O)c1ccc(NCC(=O)N2CCN(c3ccccc3)CC2)c([N+](=O)[O-])c1. The fourth-order valence-corrected chi connectivity index (χ4v) is 3.25. The molecular weight excluding hydrogens is 374 g/mol. The molecular formula is C20H23N5O4. The molecule has 0 atom stereocenters. The highest BCUT2D eigenvalue weighted by Crippen LogP contribution is 2.25. The minimum Gasteiger partial charge on any atom is -0.371 e. The summed E-state index contributed by atoms with van der Waals surface area (Å²) in [6, 6.07) is 14.2. The van der Waals surface area contributed by atoms with Gasteiger partial charge in [0.05, 0.1) is 11.5 Å². The van der Waals surface area contributed by atoms with Gasteiger partial charge in [-0.1, -0.05) is 18.2 Å². The lowest BCUT2D eigenvalue weighted by Gasteiger charge is -2.36. The Balaban J connectivity index is 1.58. The van der Waals surface area contributed by atoms with Crippen molar-refractivity contribution < 1.29 is 14.5 Å². The number of para-hydroxylation sites is 1. The fraction of sp³-hybridized carbons (Fsp3) is 0.300. The van der Waals surface area contributed by atoms with E-state index < -0.39 is 10.8 Å².